The molecule has 0 spiro atoms. The van der Waals surface area contributed by atoms with E-state index >= 15 is 0 Å². The predicted octanol–water partition coefficient (Wildman–Crippen LogP) is 1.60. The van der Waals surface area contributed by atoms with E-state index in [-0.39, 0.29) is 5.69 Å². The molecule has 1 saturated carbocycles. The molecule has 7 heteroatoms. The molecule has 0 aromatic carbocycles. The van der Waals surface area contributed by atoms with Crippen LogP contribution in [0.2, 0.25) is 0 Å². The summed E-state index contributed by atoms with van der Waals surface area (Å²) < 4.78 is 1.64. The van der Waals surface area contributed by atoms with Crippen LogP contribution in [0.15, 0.2) is 6.20 Å². The number of nitriles is 1. The van der Waals surface area contributed by atoms with Crippen LogP contribution in [0.1, 0.15) is 47.3 Å². The van der Waals surface area contributed by atoms with Crippen molar-refractivity contribution in [1.82, 2.24) is 14.6 Å². The van der Waals surface area contributed by atoms with Gasteiger partial charge in [-0.15, -0.1) is 0 Å². The Morgan fingerprint density at radius 1 is 1.41 bits per heavy atom. The molecule has 2 aromatic rings. The summed E-state index contributed by atoms with van der Waals surface area (Å²) in [6, 6.07) is 2.47. The molecule has 1 aliphatic heterocycles. The SMILES string of the molecule is N#Cc1cnn2c3c(c(C(=O)O)nc12)CCN3C1CCCC1. The van der Waals surface area contributed by atoms with Gasteiger partial charge in [-0.05, 0) is 19.3 Å². The normalized spacial score (nSPS) is 17.9. The molecule has 1 aliphatic carbocycles. The van der Waals surface area contributed by atoms with Gasteiger partial charge in [0.2, 0.25) is 0 Å². The monoisotopic (exact) mass is 297 g/mol. The molecular formula is C15H15N5O2. The van der Waals surface area contributed by atoms with Crippen molar-refractivity contribution in [1.29, 1.82) is 5.26 Å². The number of carboxylic acid groups (broad SMARTS) is 1. The first-order chi connectivity index (χ1) is 10.7. The number of nitrogens with zero attached hydrogens (tertiary/aromatic N) is 5. The molecule has 0 amide bonds. The number of fused-ring (bicyclic) bond motifs is 3. The van der Waals surface area contributed by atoms with Crippen LogP contribution >= 0.6 is 0 Å². The molecule has 1 fully saturated rings. The largest absolute Gasteiger partial charge is 0.476 e. The van der Waals surface area contributed by atoms with Gasteiger partial charge in [-0.3, -0.25) is 0 Å². The maximum atomic E-state index is 11.6. The molecule has 0 radical (unpaired) electrons. The second kappa shape index (κ2) is 4.70. The van der Waals surface area contributed by atoms with Gasteiger partial charge >= 0.3 is 5.97 Å². The zero-order chi connectivity index (χ0) is 15.3. The Kier molecular flexibility index (Phi) is 2.79. The third-order valence-corrected chi connectivity index (χ3v) is 4.68. The zero-order valence-electron chi connectivity index (χ0n) is 12.0. The number of carboxylic acids is 1. The van der Waals surface area contributed by atoms with Crippen molar-refractivity contribution in [2.75, 3.05) is 11.4 Å². The Morgan fingerprint density at radius 3 is 2.86 bits per heavy atom. The molecule has 2 aromatic heterocycles. The lowest BCUT2D eigenvalue weighted by Gasteiger charge is -2.26. The summed E-state index contributed by atoms with van der Waals surface area (Å²) in [5.74, 6) is -0.229. The molecule has 112 valence electrons. The second-order valence-electron chi connectivity index (χ2n) is 5.85. The Balaban J connectivity index is 1.98. The van der Waals surface area contributed by atoms with E-state index in [4.69, 9.17) is 0 Å². The van der Waals surface area contributed by atoms with E-state index in [9.17, 15) is 15.2 Å². The van der Waals surface area contributed by atoms with Gasteiger partial charge in [0, 0.05) is 18.2 Å². The number of anilines is 1. The summed E-state index contributed by atoms with van der Waals surface area (Å²) >= 11 is 0. The van der Waals surface area contributed by atoms with Gasteiger partial charge in [-0.1, -0.05) is 12.8 Å². The fourth-order valence-corrected chi connectivity index (χ4v) is 3.70. The van der Waals surface area contributed by atoms with Crippen LogP contribution in [0.3, 0.4) is 0 Å². The highest BCUT2D eigenvalue weighted by Gasteiger charge is 2.34. The second-order valence-corrected chi connectivity index (χ2v) is 5.85. The maximum absolute atomic E-state index is 11.6. The fraction of sp³-hybridized carbons (Fsp3) is 0.467. The summed E-state index contributed by atoms with van der Waals surface area (Å²) in [6.07, 6.45) is 6.78. The van der Waals surface area contributed by atoms with Crippen molar-refractivity contribution in [2.24, 2.45) is 0 Å². The van der Waals surface area contributed by atoms with Crippen LogP contribution in [-0.4, -0.2) is 38.3 Å². The number of rotatable bonds is 2. The molecule has 3 heterocycles. The Bertz CT molecular complexity index is 813. The summed E-state index contributed by atoms with van der Waals surface area (Å²) in [5, 5.41) is 22.9. The molecule has 0 unspecified atom stereocenters. The van der Waals surface area contributed by atoms with E-state index in [0.29, 0.717) is 23.7 Å². The third-order valence-electron chi connectivity index (χ3n) is 4.68. The quantitative estimate of drug-likeness (QED) is 0.904. The highest BCUT2D eigenvalue weighted by atomic mass is 16.4. The summed E-state index contributed by atoms with van der Waals surface area (Å²) in [6.45, 7) is 0.794. The number of aromatic carboxylic acids is 1. The van der Waals surface area contributed by atoms with Gasteiger partial charge in [0.25, 0.3) is 0 Å². The highest BCUT2D eigenvalue weighted by Crippen LogP contribution is 2.36. The lowest BCUT2D eigenvalue weighted by molar-refractivity contribution is 0.0689. The maximum Gasteiger partial charge on any atom is 0.355 e. The first-order valence-electron chi connectivity index (χ1n) is 7.51. The lowest BCUT2D eigenvalue weighted by atomic mass is 10.2. The van der Waals surface area contributed by atoms with Gasteiger partial charge in [0.05, 0.1) is 6.20 Å². The molecule has 2 aliphatic rings. The van der Waals surface area contributed by atoms with Gasteiger partial charge in [0.15, 0.2) is 11.3 Å². The zero-order valence-corrected chi connectivity index (χ0v) is 12.0. The van der Waals surface area contributed by atoms with Gasteiger partial charge in [-0.25, -0.2) is 9.78 Å². The molecule has 22 heavy (non-hydrogen) atoms. The first-order valence-corrected chi connectivity index (χ1v) is 7.51. The Labute approximate surface area is 126 Å². The van der Waals surface area contributed by atoms with E-state index in [1.165, 1.54) is 19.0 Å². The van der Waals surface area contributed by atoms with Gasteiger partial charge < -0.3 is 10.0 Å². The summed E-state index contributed by atoms with van der Waals surface area (Å²) in [5.41, 5.74) is 1.44. The molecule has 0 saturated heterocycles. The molecule has 0 atom stereocenters. The van der Waals surface area contributed by atoms with Crippen molar-refractivity contribution in [2.45, 2.75) is 38.1 Å². The summed E-state index contributed by atoms with van der Waals surface area (Å²) in [7, 11) is 0. The standard InChI is InChI=1S/C15H15N5O2/c16-7-9-8-17-20-13(9)18-12(15(21)22)11-5-6-19(14(11)20)10-3-1-2-4-10/h8,10H,1-6H2,(H,21,22). The minimum atomic E-state index is -1.04. The van der Waals surface area contributed by atoms with Crippen molar-refractivity contribution in [3.05, 3.63) is 23.0 Å². The molecule has 4 rings (SSSR count). The van der Waals surface area contributed by atoms with Crippen LogP contribution in [0.25, 0.3) is 5.65 Å². The van der Waals surface area contributed by atoms with E-state index < -0.39 is 5.97 Å². The molecule has 7 nitrogen and oxygen atoms in total. The topological polar surface area (TPSA) is 94.5 Å². The Hall–Kier alpha value is -2.62. The smallest absolute Gasteiger partial charge is 0.355 e. The van der Waals surface area contributed by atoms with E-state index in [1.807, 2.05) is 6.07 Å². The predicted molar refractivity (Wildman–Crippen MR) is 78.0 cm³/mol. The van der Waals surface area contributed by atoms with Gasteiger partial charge in [-0.2, -0.15) is 14.9 Å². The number of aromatic nitrogens is 3. The van der Waals surface area contributed by atoms with E-state index in [1.54, 1.807) is 4.52 Å². The van der Waals surface area contributed by atoms with Crippen LogP contribution in [0, 0.1) is 11.3 Å². The minimum absolute atomic E-state index is 0.0556. The van der Waals surface area contributed by atoms with Crippen molar-refractivity contribution < 1.29 is 9.90 Å². The van der Waals surface area contributed by atoms with E-state index in [0.717, 1.165) is 30.8 Å². The van der Waals surface area contributed by atoms with Gasteiger partial charge in [0.1, 0.15) is 17.5 Å². The highest BCUT2D eigenvalue weighted by molar-refractivity contribution is 5.90. The molecule has 1 N–H and O–H groups in total. The number of hydrogen-bond donors (Lipinski definition) is 1. The van der Waals surface area contributed by atoms with Crippen molar-refractivity contribution in [3.8, 4) is 6.07 Å². The van der Waals surface area contributed by atoms with Crippen LogP contribution in [0.5, 0.6) is 0 Å². The average molecular weight is 297 g/mol. The summed E-state index contributed by atoms with van der Waals surface area (Å²) in [4.78, 5) is 18.0. The Morgan fingerprint density at radius 2 is 2.18 bits per heavy atom. The van der Waals surface area contributed by atoms with Crippen LogP contribution < -0.4 is 4.90 Å². The fourth-order valence-electron chi connectivity index (χ4n) is 3.70. The van der Waals surface area contributed by atoms with Crippen LogP contribution in [-0.2, 0) is 6.42 Å². The van der Waals surface area contributed by atoms with Crippen LogP contribution in [0.4, 0.5) is 5.82 Å². The average Bonchev–Trinajstić information content (AvgIpc) is 3.23. The third kappa shape index (κ3) is 1.70. The van der Waals surface area contributed by atoms with E-state index in [2.05, 4.69) is 15.0 Å². The lowest BCUT2D eigenvalue weighted by Crippen LogP contribution is -2.32. The van der Waals surface area contributed by atoms with Crippen molar-refractivity contribution in [3.63, 3.8) is 0 Å². The molecular weight excluding hydrogens is 282 g/mol. The number of carbonyl (C=O) groups is 1. The minimum Gasteiger partial charge on any atom is -0.476 e. The first kappa shape index (κ1) is 13.1. The molecule has 0 bridgehead atoms. The number of hydrogen-bond acceptors (Lipinski definition) is 5. The van der Waals surface area contributed by atoms with Crippen molar-refractivity contribution >= 4 is 17.4 Å².